The van der Waals surface area contributed by atoms with Crippen LogP contribution in [0.4, 0.5) is 9.59 Å². The molecule has 1 rings (SSSR count). The van der Waals surface area contributed by atoms with Gasteiger partial charge in [-0.3, -0.25) is 0 Å². The summed E-state index contributed by atoms with van der Waals surface area (Å²) >= 11 is 0. The van der Waals surface area contributed by atoms with Gasteiger partial charge in [-0.2, -0.15) is 0 Å². The topological polar surface area (TPSA) is 138 Å². The van der Waals surface area contributed by atoms with Crippen molar-refractivity contribution < 1.29 is 9.59 Å². The zero-order valence-corrected chi connectivity index (χ0v) is 10.2. The first-order valence-corrected chi connectivity index (χ1v) is 5.27. The Bertz CT molecular complexity index is 189. The molecule has 1 aliphatic rings. The van der Waals surface area contributed by atoms with Crippen LogP contribution < -0.4 is 22.9 Å². The molecule has 6 nitrogen and oxygen atoms in total. The largest absolute Gasteiger partial charge is 0.352 e. The lowest BCUT2D eigenvalue weighted by Crippen LogP contribution is -2.18. The summed E-state index contributed by atoms with van der Waals surface area (Å²) in [5, 5.41) is 0. The van der Waals surface area contributed by atoms with E-state index >= 15 is 0 Å². The van der Waals surface area contributed by atoms with Crippen LogP contribution in [0, 0.1) is 5.41 Å². The van der Waals surface area contributed by atoms with Gasteiger partial charge in [-0.1, -0.05) is 33.1 Å². The maximum atomic E-state index is 9.00. The second-order valence-corrected chi connectivity index (χ2v) is 4.53. The van der Waals surface area contributed by atoms with Crippen molar-refractivity contribution in [2.75, 3.05) is 0 Å². The van der Waals surface area contributed by atoms with Gasteiger partial charge < -0.3 is 22.9 Å². The van der Waals surface area contributed by atoms with Gasteiger partial charge in [-0.05, 0) is 18.3 Å². The van der Waals surface area contributed by atoms with Crippen LogP contribution in [-0.4, -0.2) is 12.1 Å². The zero-order valence-electron chi connectivity index (χ0n) is 10.2. The van der Waals surface area contributed by atoms with Gasteiger partial charge in [0.25, 0.3) is 0 Å². The number of primary amides is 4. The molecule has 0 saturated heterocycles. The Morgan fingerprint density at radius 3 is 1.19 bits per heavy atom. The fraction of sp³-hybridized carbons (Fsp3) is 0.800. The first-order chi connectivity index (χ1) is 7.17. The van der Waals surface area contributed by atoms with Gasteiger partial charge in [0.1, 0.15) is 0 Å². The Morgan fingerprint density at radius 1 is 0.812 bits per heavy atom. The number of hydrogen-bond acceptors (Lipinski definition) is 2. The van der Waals surface area contributed by atoms with E-state index in [-0.39, 0.29) is 0 Å². The molecule has 8 N–H and O–H groups in total. The van der Waals surface area contributed by atoms with Gasteiger partial charge in [0, 0.05) is 0 Å². The Balaban J connectivity index is 0. The minimum Gasteiger partial charge on any atom is -0.352 e. The molecule has 0 bridgehead atoms. The van der Waals surface area contributed by atoms with Gasteiger partial charge in [-0.25, -0.2) is 9.59 Å². The SMILES string of the molecule is CC1(C)CCCCC1.NC(N)=O.NC(N)=O. The highest BCUT2D eigenvalue weighted by Crippen LogP contribution is 2.34. The monoisotopic (exact) mass is 232 g/mol. The van der Waals surface area contributed by atoms with Gasteiger partial charge >= 0.3 is 12.1 Å². The van der Waals surface area contributed by atoms with E-state index in [0.717, 1.165) is 0 Å². The van der Waals surface area contributed by atoms with Crippen molar-refractivity contribution in [1.82, 2.24) is 0 Å². The van der Waals surface area contributed by atoms with E-state index in [1.165, 1.54) is 32.1 Å². The minimum atomic E-state index is -0.833. The minimum absolute atomic E-state index is 0.679. The van der Waals surface area contributed by atoms with Crippen LogP contribution in [0.15, 0.2) is 0 Å². The molecule has 0 heterocycles. The Hall–Kier alpha value is -1.46. The number of urea groups is 2. The second-order valence-electron chi connectivity index (χ2n) is 4.53. The molecule has 0 atom stereocenters. The van der Waals surface area contributed by atoms with Gasteiger partial charge in [0.15, 0.2) is 0 Å². The fourth-order valence-electron chi connectivity index (χ4n) is 1.51. The van der Waals surface area contributed by atoms with Crippen LogP contribution in [0.1, 0.15) is 46.0 Å². The van der Waals surface area contributed by atoms with Crippen molar-refractivity contribution in [3.8, 4) is 0 Å². The molecule has 0 aliphatic heterocycles. The summed E-state index contributed by atoms with van der Waals surface area (Å²) in [5.74, 6) is 0. The molecule has 0 aromatic rings. The molecule has 0 aromatic heterocycles. The third-order valence-electron chi connectivity index (χ3n) is 2.21. The van der Waals surface area contributed by atoms with Crippen molar-refractivity contribution in [3.63, 3.8) is 0 Å². The standard InChI is InChI=1S/C8H16.2CH4N2O/c1-8(2)6-4-3-5-7-8;2*2-1(3)4/h3-7H2,1-2H3;2*(H4,2,3,4). The summed E-state index contributed by atoms with van der Waals surface area (Å²) < 4.78 is 0. The Labute approximate surface area is 96.7 Å². The van der Waals surface area contributed by atoms with E-state index in [4.69, 9.17) is 9.59 Å². The van der Waals surface area contributed by atoms with Gasteiger partial charge in [0.05, 0.1) is 0 Å². The van der Waals surface area contributed by atoms with E-state index < -0.39 is 12.1 Å². The average molecular weight is 232 g/mol. The number of nitrogens with two attached hydrogens (primary N) is 4. The Morgan fingerprint density at radius 2 is 1.06 bits per heavy atom. The summed E-state index contributed by atoms with van der Waals surface area (Å²) in [5.41, 5.74) is 17.7. The normalized spacial score (nSPS) is 16.9. The van der Waals surface area contributed by atoms with Crippen LogP contribution in [0.25, 0.3) is 0 Å². The van der Waals surface area contributed by atoms with Crippen LogP contribution in [0.3, 0.4) is 0 Å². The first-order valence-electron chi connectivity index (χ1n) is 5.27. The summed E-state index contributed by atoms with van der Waals surface area (Å²) in [6.45, 7) is 4.76. The van der Waals surface area contributed by atoms with Crippen molar-refractivity contribution in [3.05, 3.63) is 0 Å². The van der Waals surface area contributed by atoms with Crippen LogP contribution >= 0.6 is 0 Å². The highest BCUT2D eigenvalue weighted by atomic mass is 16.2. The molecule has 0 spiro atoms. The molecule has 1 fully saturated rings. The van der Waals surface area contributed by atoms with Crippen LogP contribution in [0.2, 0.25) is 0 Å². The molecule has 4 amide bonds. The molecular formula is C10H24N4O2. The van der Waals surface area contributed by atoms with Crippen molar-refractivity contribution in [1.29, 1.82) is 0 Å². The first kappa shape index (κ1) is 17.0. The van der Waals surface area contributed by atoms with Crippen molar-refractivity contribution in [2.45, 2.75) is 46.0 Å². The second kappa shape index (κ2) is 8.82. The average Bonchev–Trinajstić information content (AvgIpc) is 2.00. The molecule has 0 aromatic carbocycles. The fourth-order valence-corrected chi connectivity index (χ4v) is 1.51. The van der Waals surface area contributed by atoms with Crippen molar-refractivity contribution in [2.24, 2.45) is 28.3 Å². The highest BCUT2D eigenvalue weighted by molar-refractivity contribution is 5.69. The van der Waals surface area contributed by atoms with Gasteiger partial charge in [0.2, 0.25) is 0 Å². The van der Waals surface area contributed by atoms with Crippen LogP contribution in [-0.2, 0) is 0 Å². The third-order valence-corrected chi connectivity index (χ3v) is 2.21. The smallest absolute Gasteiger partial charge is 0.309 e. The van der Waals surface area contributed by atoms with E-state index in [2.05, 4.69) is 36.8 Å². The number of carbonyl (C=O) groups excluding carboxylic acids is 2. The number of amides is 4. The van der Waals surface area contributed by atoms with E-state index in [1.54, 1.807) is 0 Å². The van der Waals surface area contributed by atoms with E-state index in [9.17, 15) is 0 Å². The summed E-state index contributed by atoms with van der Waals surface area (Å²) in [7, 11) is 0. The van der Waals surface area contributed by atoms with Crippen molar-refractivity contribution >= 4 is 12.1 Å². The molecular weight excluding hydrogens is 208 g/mol. The highest BCUT2D eigenvalue weighted by Gasteiger charge is 2.19. The number of rotatable bonds is 0. The number of hydrogen-bond donors (Lipinski definition) is 4. The molecule has 0 unspecified atom stereocenters. The number of carbonyl (C=O) groups is 2. The van der Waals surface area contributed by atoms with Crippen LogP contribution in [0.5, 0.6) is 0 Å². The predicted molar refractivity (Wildman–Crippen MR) is 64.4 cm³/mol. The molecule has 6 heteroatoms. The lowest BCUT2D eigenvalue weighted by atomic mass is 9.78. The molecule has 16 heavy (non-hydrogen) atoms. The molecule has 0 radical (unpaired) electrons. The Kier molecular flexibility index (Phi) is 9.34. The summed E-state index contributed by atoms with van der Waals surface area (Å²) in [4.78, 5) is 18.0. The molecule has 1 aliphatic carbocycles. The molecule has 96 valence electrons. The predicted octanol–water partition coefficient (Wildman–Crippen LogP) is 1.02. The van der Waals surface area contributed by atoms with E-state index in [1.807, 2.05) is 0 Å². The lowest BCUT2D eigenvalue weighted by molar-refractivity contribution is 0.244. The zero-order chi connectivity index (χ0) is 13.2. The lowest BCUT2D eigenvalue weighted by Gasteiger charge is -2.28. The van der Waals surface area contributed by atoms with Gasteiger partial charge in [-0.15, -0.1) is 0 Å². The summed E-state index contributed by atoms with van der Waals surface area (Å²) in [6.07, 6.45) is 7.31. The molecule has 1 saturated carbocycles. The maximum absolute atomic E-state index is 9.00. The summed E-state index contributed by atoms with van der Waals surface area (Å²) in [6, 6.07) is -1.67. The quantitative estimate of drug-likeness (QED) is 0.495. The third kappa shape index (κ3) is 22.9. The maximum Gasteiger partial charge on any atom is 0.309 e. The van der Waals surface area contributed by atoms with E-state index in [0.29, 0.717) is 5.41 Å².